The number of rotatable bonds is 4. The fourth-order valence-electron chi connectivity index (χ4n) is 2.84. The van der Waals surface area contributed by atoms with Crippen LogP contribution in [0.25, 0.3) is 28.6 Å². The van der Waals surface area contributed by atoms with E-state index in [0.29, 0.717) is 11.1 Å². The number of aromatic nitrogens is 2. The highest BCUT2D eigenvalue weighted by Crippen LogP contribution is 2.42. The molecular weight excluding hydrogens is 391 g/mol. The van der Waals surface area contributed by atoms with Crippen LogP contribution in [0.1, 0.15) is 12.6 Å². The molecule has 0 amide bonds. The second-order valence-corrected chi connectivity index (χ2v) is 7.49. The van der Waals surface area contributed by atoms with Crippen molar-refractivity contribution in [2.45, 2.75) is 18.0 Å². The number of halogens is 3. The van der Waals surface area contributed by atoms with Crippen molar-refractivity contribution in [3.8, 4) is 22.4 Å². The first kappa shape index (κ1) is 19.8. The van der Waals surface area contributed by atoms with Gasteiger partial charge < -0.3 is 0 Å². The van der Waals surface area contributed by atoms with Crippen LogP contribution in [0.2, 0.25) is 0 Å². The highest BCUT2D eigenvalue weighted by Gasteiger charge is 2.40. The molecule has 2 aromatic carbocycles. The van der Waals surface area contributed by atoms with Gasteiger partial charge in [-0.05, 0) is 24.6 Å². The van der Waals surface area contributed by atoms with Gasteiger partial charge in [0.15, 0.2) is 5.69 Å². The lowest BCUT2D eigenvalue weighted by molar-refractivity contribution is -0.142. The molecule has 3 aromatic rings. The monoisotopic (exact) mass is 407 g/mol. The number of hydrogen-bond donors (Lipinski definition) is 1. The summed E-state index contributed by atoms with van der Waals surface area (Å²) in [6, 6.07) is 13.3. The van der Waals surface area contributed by atoms with Crippen LogP contribution in [0, 0.1) is 0 Å². The molecule has 1 aromatic heterocycles. The topological polar surface area (TPSA) is 78.0 Å². The van der Waals surface area contributed by atoms with Gasteiger partial charge in [-0.15, -0.1) is 0 Å². The number of nitrogens with two attached hydrogens (primary N) is 1. The van der Waals surface area contributed by atoms with E-state index in [1.807, 2.05) is 0 Å². The Kier molecular flexibility index (Phi) is 5.14. The minimum atomic E-state index is -4.66. The van der Waals surface area contributed by atoms with Gasteiger partial charge in [0.2, 0.25) is 10.0 Å². The van der Waals surface area contributed by atoms with Crippen molar-refractivity contribution >= 4 is 16.2 Å². The van der Waals surface area contributed by atoms with Crippen LogP contribution in [-0.2, 0) is 16.2 Å². The lowest BCUT2D eigenvalue weighted by Gasteiger charge is -2.11. The number of alkyl halides is 3. The summed E-state index contributed by atoms with van der Waals surface area (Å²) in [6.45, 7) is 1.59. The molecule has 0 aliphatic heterocycles. The van der Waals surface area contributed by atoms with E-state index in [4.69, 9.17) is 5.14 Å². The first-order chi connectivity index (χ1) is 13.1. The zero-order valence-electron chi connectivity index (χ0n) is 14.7. The van der Waals surface area contributed by atoms with Crippen LogP contribution in [0.5, 0.6) is 0 Å². The van der Waals surface area contributed by atoms with Gasteiger partial charge in [0.1, 0.15) is 5.69 Å². The molecule has 2 N–H and O–H groups in total. The second-order valence-electron chi connectivity index (χ2n) is 5.93. The summed E-state index contributed by atoms with van der Waals surface area (Å²) < 4.78 is 65.3. The van der Waals surface area contributed by atoms with Gasteiger partial charge in [-0.25, -0.2) is 18.2 Å². The maximum absolute atomic E-state index is 13.9. The Morgan fingerprint density at radius 3 is 2.11 bits per heavy atom. The van der Waals surface area contributed by atoms with Gasteiger partial charge in [0, 0.05) is 17.3 Å². The van der Waals surface area contributed by atoms with E-state index in [2.05, 4.69) is 5.10 Å². The van der Waals surface area contributed by atoms with Gasteiger partial charge in [0.05, 0.1) is 4.90 Å². The fourth-order valence-corrected chi connectivity index (χ4v) is 3.35. The average molecular weight is 407 g/mol. The summed E-state index contributed by atoms with van der Waals surface area (Å²) in [4.78, 5) is -0.138. The number of nitrogens with zero attached hydrogens (tertiary/aromatic N) is 2. The van der Waals surface area contributed by atoms with Crippen molar-refractivity contribution in [3.05, 3.63) is 66.4 Å². The summed E-state index contributed by atoms with van der Waals surface area (Å²) in [5.74, 6) is 0. The molecule has 9 heteroatoms. The van der Waals surface area contributed by atoms with E-state index in [1.165, 1.54) is 36.5 Å². The van der Waals surface area contributed by atoms with Crippen molar-refractivity contribution in [1.29, 1.82) is 0 Å². The van der Waals surface area contributed by atoms with E-state index in [1.54, 1.807) is 37.3 Å². The van der Waals surface area contributed by atoms with Gasteiger partial charge >= 0.3 is 6.18 Å². The lowest BCUT2D eigenvalue weighted by Crippen LogP contribution is -2.12. The molecule has 0 spiro atoms. The third kappa shape index (κ3) is 3.85. The first-order valence-electron chi connectivity index (χ1n) is 8.14. The predicted molar refractivity (Wildman–Crippen MR) is 100 cm³/mol. The Bertz CT molecular complexity index is 1120. The smallest absolute Gasteiger partial charge is 0.235 e. The molecule has 0 bridgehead atoms. The van der Waals surface area contributed by atoms with Crippen molar-refractivity contribution in [3.63, 3.8) is 0 Å². The maximum Gasteiger partial charge on any atom is 0.434 e. The molecule has 3 rings (SSSR count). The molecule has 0 aliphatic rings. The molecule has 0 fully saturated rings. The molecule has 146 valence electrons. The number of hydrogen-bond acceptors (Lipinski definition) is 3. The maximum atomic E-state index is 13.9. The number of sulfonamides is 1. The standard InChI is InChI=1S/C19H16F3N3O2S/c1-2-12-25-18(19(20,21)22)16(13-6-4-3-5-7-13)17(24-25)14-8-10-15(11-9-14)28(23,26)27/h2-12H,1H3,(H2,23,26,27). The Morgan fingerprint density at radius 2 is 1.61 bits per heavy atom. The van der Waals surface area contributed by atoms with E-state index >= 15 is 0 Å². The molecule has 5 nitrogen and oxygen atoms in total. The van der Waals surface area contributed by atoms with Gasteiger partial charge in [0.25, 0.3) is 0 Å². The van der Waals surface area contributed by atoms with E-state index < -0.39 is 21.9 Å². The van der Waals surface area contributed by atoms with E-state index in [-0.39, 0.29) is 16.2 Å². The third-order valence-electron chi connectivity index (χ3n) is 3.99. The Hall–Kier alpha value is -2.91. The minimum absolute atomic E-state index is 0.0811. The van der Waals surface area contributed by atoms with E-state index in [9.17, 15) is 21.6 Å². The number of benzene rings is 2. The first-order valence-corrected chi connectivity index (χ1v) is 9.68. The summed E-state index contributed by atoms with van der Waals surface area (Å²) in [5.41, 5.74) is -0.245. The molecule has 0 radical (unpaired) electrons. The highest BCUT2D eigenvalue weighted by molar-refractivity contribution is 7.89. The molecule has 0 saturated carbocycles. The Labute approximate surface area is 160 Å². The Balaban J connectivity index is 2.32. The molecule has 28 heavy (non-hydrogen) atoms. The van der Waals surface area contributed by atoms with Crippen LogP contribution in [0.15, 0.2) is 65.6 Å². The Morgan fingerprint density at radius 1 is 1.00 bits per heavy atom. The largest absolute Gasteiger partial charge is 0.434 e. The van der Waals surface area contributed by atoms with Crippen molar-refractivity contribution < 1.29 is 21.6 Å². The predicted octanol–water partition coefficient (Wildman–Crippen LogP) is 4.37. The van der Waals surface area contributed by atoms with Crippen LogP contribution >= 0.6 is 0 Å². The van der Waals surface area contributed by atoms with Crippen molar-refractivity contribution in [2.75, 3.05) is 0 Å². The summed E-state index contributed by atoms with van der Waals surface area (Å²) in [6.07, 6.45) is -1.99. The zero-order valence-corrected chi connectivity index (χ0v) is 15.5. The molecular formula is C19H16F3N3O2S. The van der Waals surface area contributed by atoms with Crippen LogP contribution in [0.4, 0.5) is 13.2 Å². The molecule has 1 heterocycles. The normalized spacial score (nSPS) is 12.6. The van der Waals surface area contributed by atoms with E-state index in [0.717, 1.165) is 4.68 Å². The molecule has 0 unspecified atom stereocenters. The second kappa shape index (κ2) is 7.25. The van der Waals surface area contributed by atoms with Gasteiger partial charge in [-0.2, -0.15) is 18.3 Å². The minimum Gasteiger partial charge on any atom is -0.235 e. The van der Waals surface area contributed by atoms with Crippen LogP contribution in [-0.4, -0.2) is 18.2 Å². The summed E-state index contributed by atoms with van der Waals surface area (Å²) in [7, 11) is -3.92. The van der Waals surface area contributed by atoms with Crippen LogP contribution < -0.4 is 5.14 Å². The fraction of sp³-hybridized carbons (Fsp3) is 0.105. The summed E-state index contributed by atoms with van der Waals surface area (Å²) in [5, 5.41) is 9.22. The molecule has 0 saturated heterocycles. The van der Waals surface area contributed by atoms with Gasteiger partial charge in [-0.3, -0.25) is 0 Å². The highest BCUT2D eigenvalue weighted by atomic mass is 32.2. The lowest BCUT2D eigenvalue weighted by atomic mass is 9.98. The van der Waals surface area contributed by atoms with Crippen molar-refractivity contribution in [1.82, 2.24) is 9.78 Å². The average Bonchev–Trinajstić information content (AvgIpc) is 3.02. The number of allylic oxidation sites excluding steroid dienone is 1. The molecule has 0 aliphatic carbocycles. The van der Waals surface area contributed by atoms with Gasteiger partial charge in [-0.1, -0.05) is 48.5 Å². The van der Waals surface area contributed by atoms with Crippen LogP contribution in [0.3, 0.4) is 0 Å². The van der Waals surface area contributed by atoms with Crippen molar-refractivity contribution in [2.24, 2.45) is 5.14 Å². The SMILES string of the molecule is CC=Cn1nc(-c2ccc(S(N)(=O)=O)cc2)c(-c2ccccc2)c1C(F)(F)F. The number of primary sulfonamides is 1. The zero-order chi connectivity index (χ0) is 20.5. The molecule has 0 atom stereocenters. The summed E-state index contributed by atoms with van der Waals surface area (Å²) >= 11 is 0. The third-order valence-corrected chi connectivity index (χ3v) is 4.92. The quantitative estimate of drug-likeness (QED) is 0.697.